The number of hydrogen-bond acceptors (Lipinski definition) is 4. The zero-order chi connectivity index (χ0) is 31.7. The molecule has 2 N–H and O–H groups in total. The Morgan fingerprint density at radius 2 is 1.45 bits per heavy atom. The minimum Gasteiger partial charge on any atom is -0.493 e. The van der Waals surface area contributed by atoms with Gasteiger partial charge < -0.3 is 15.2 Å². The van der Waals surface area contributed by atoms with Gasteiger partial charge in [-0.05, 0) is 61.6 Å². The normalized spacial score (nSPS) is 18.4. The molecule has 2 aromatic carbocycles. The molecule has 3 amide bonds. The van der Waals surface area contributed by atoms with E-state index in [0.717, 1.165) is 35.2 Å². The van der Waals surface area contributed by atoms with Crippen LogP contribution in [-0.2, 0) is 28.5 Å². The predicted molar refractivity (Wildman–Crippen MR) is 130 cm³/mol. The Balaban J connectivity index is 1.64. The van der Waals surface area contributed by atoms with Crippen LogP contribution in [0.4, 0.5) is 44.3 Å². The van der Waals surface area contributed by atoms with Crippen molar-refractivity contribution < 1.29 is 58.9 Å². The molecule has 0 spiro atoms. The molecule has 15 heteroatoms. The monoisotopic (exact) mass is 614 g/mol. The van der Waals surface area contributed by atoms with Crippen LogP contribution in [0, 0.1) is 0 Å². The molecule has 1 saturated heterocycles. The molecule has 1 atom stereocenters. The highest BCUT2D eigenvalue weighted by Crippen LogP contribution is 2.50. The zero-order valence-electron chi connectivity index (χ0n) is 22.3. The number of benzene rings is 2. The standard InChI is InChI=1S/C27H27F9N2O4/c1-3-6-16-15-19(24(41,26(31,32)33)27(34,35)36)11-12-20(16)42-14-5-4-13-38-21(39)23(2,37-22(38)40)17-7-9-18(10-8-17)25(28,29)30/h7-12,15,41H,3-6,13-14H2,1-2H3,(H,37,40). The summed E-state index contributed by atoms with van der Waals surface area (Å²) in [4.78, 5) is 26.3. The fourth-order valence-corrected chi connectivity index (χ4v) is 4.54. The lowest BCUT2D eigenvalue weighted by atomic mass is 9.90. The van der Waals surface area contributed by atoms with E-state index in [4.69, 9.17) is 4.74 Å². The van der Waals surface area contributed by atoms with E-state index in [1.54, 1.807) is 6.92 Å². The van der Waals surface area contributed by atoms with Crippen molar-refractivity contribution in [1.82, 2.24) is 10.2 Å². The number of alkyl halides is 9. The second kappa shape index (κ2) is 11.7. The first kappa shape index (κ1) is 33.0. The molecule has 1 aliphatic heterocycles. The SMILES string of the molecule is CCCc1cc(C(O)(C(F)(F)F)C(F)(F)F)ccc1OCCCCN1C(=O)NC(C)(c2ccc(C(F)(F)F)cc2)C1=O. The molecular weight excluding hydrogens is 587 g/mol. The van der Waals surface area contributed by atoms with Crippen LogP contribution in [0.1, 0.15) is 55.4 Å². The van der Waals surface area contributed by atoms with Gasteiger partial charge in [0.05, 0.1) is 12.2 Å². The zero-order valence-corrected chi connectivity index (χ0v) is 22.3. The van der Waals surface area contributed by atoms with E-state index in [0.29, 0.717) is 18.6 Å². The highest BCUT2D eigenvalue weighted by molar-refractivity contribution is 6.07. The van der Waals surface area contributed by atoms with Crippen molar-refractivity contribution in [2.24, 2.45) is 0 Å². The van der Waals surface area contributed by atoms with Crippen LogP contribution in [0.15, 0.2) is 42.5 Å². The third-order valence-electron chi connectivity index (χ3n) is 6.92. The molecule has 6 nitrogen and oxygen atoms in total. The molecule has 3 rings (SSSR count). The summed E-state index contributed by atoms with van der Waals surface area (Å²) >= 11 is 0. The average Bonchev–Trinajstić information content (AvgIpc) is 3.10. The van der Waals surface area contributed by atoms with Gasteiger partial charge in [-0.3, -0.25) is 9.69 Å². The quantitative estimate of drug-likeness (QED) is 0.180. The Hall–Kier alpha value is -3.49. The van der Waals surface area contributed by atoms with Crippen molar-refractivity contribution in [3.05, 3.63) is 64.7 Å². The minimum atomic E-state index is -6.03. The molecule has 0 bridgehead atoms. The molecule has 42 heavy (non-hydrogen) atoms. The van der Waals surface area contributed by atoms with E-state index < -0.39 is 52.7 Å². The molecule has 0 aromatic heterocycles. The van der Waals surface area contributed by atoms with Crippen LogP contribution in [0.5, 0.6) is 5.75 Å². The van der Waals surface area contributed by atoms with Crippen LogP contribution in [0.25, 0.3) is 0 Å². The number of ether oxygens (including phenoxy) is 1. The van der Waals surface area contributed by atoms with Gasteiger partial charge in [-0.1, -0.05) is 31.5 Å². The second-order valence-electron chi connectivity index (χ2n) is 9.92. The summed E-state index contributed by atoms with van der Waals surface area (Å²) in [5, 5.41) is 12.2. The summed E-state index contributed by atoms with van der Waals surface area (Å²) in [5.74, 6) is -0.673. The third kappa shape index (κ3) is 6.30. The topological polar surface area (TPSA) is 78.9 Å². The Labute approximate surface area is 234 Å². The number of rotatable bonds is 10. The molecule has 1 aliphatic rings. The maximum Gasteiger partial charge on any atom is 0.430 e. The number of imide groups is 1. The van der Waals surface area contributed by atoms with E-state index >= 15 is 0 Å². The van der Waals surface area contributed by atoms with Gasteiger partial charge in [0.1, 0.15) is 11.3 Å². The van der Waals surface area contributed by atoms with Gasteiger partial charge >= 0.3 is 24.6 Å². The number of carbonyl (C=O) groups excluding carboxylic acids is 2. The van der Waals surface area contributed by atoms with Gasteiger partial charge in [-0.15, -0.1) is 0 Å². The maximum absolute atomic E-state index is 13.3. The molecule has 2 aromatic rings. The van der Waals surface area contributed by atoms with E-state index in [2.05, 4.69) is 5.32 Å². The lowest BCUT2D eigenvalue weighted by molar-refractivity contribution is -0.376. The Morgan fingerprint density at radius 3 is 1.98 bits per heavy atom. The van der Waals surface area contributed by atoms with Crippen LogP contribution in [0.2, 0.25) is 0 Å². The number of aliphatic hydroxyl groups is 1. The number of urea groups is 1. The molecule has 1 fully saturated rings. The fraction of sp³-hybridized carbons (Fsp3) is 0.481. The Bertz CT molecular complexity index is 1280. The van der Waals surface area contributed by atoms with Gasteiger partial charge in [0.2, 0.25) is 0 Å². The van der Waals surface area contributed by atoms with Crippen molar-refractivity contribution in [2.75, 3.05) is 13.2 Å². The number of halogens is 9. The molecule has 0 saturated carbocycles. The van der Waals surface area contributed by atoms with Gasteiger partial charge in [0.15, 0.2) is 0 Å². The molecule has 0 aliphatic carbocycles. The van der Waals surface area contributed by atoms with Crippen molar-refractivity contribution in [3.8, 4) is 5.75 Å². The number of hydrogen-bond donors (Lipinski definition) is 2. The smallest absolute Gasteiger partial charge is 0.430 e. The Kier molecular flexibility index (Phi) is 9.16. The van der Waals surface area contributed by atoms with Crippen molar-refractivity contribution in [2.45, 2.75) is 69.2 Å². The largest absolute Gasteiger partial charge is 0.493 e. The first-order chi connectivity index (χ1) is 19.3. The van der Waals surface area contributed by atoms with Gasteiger partial charge in [-0.25, -0.2) is 4.79 Å². The molecule has 1 unspecified atom stereocenters. The van der Waals surface area contributed by atoms with E-state index in [9.17, 15) is 54.2 Å². The molecule has 232 valence electrons. The van der Waals surface area contributed by atoms with E-state index in [1.807, 2.05) is 0 Å². The van der Waals surface area contributed by atoms with Gasteiger partial charge in [-0.2, -0.15) is 39.5 Å². The van der Waals surface area contributed by atoms with E-state index in [-0.39, 0.29) is 49.3 Å². The summed E-state index contributed by atoms with van der Waals surface area (Å²) < 4.78 is 124. The van der Waals surface area contributed by atoms with E-state index in [1.165, 1.54) is 6.92 Å². The fourth-order valence-electron chi connectivity index (χ4n) is 4.54. The van der Waals surface area contributed by atoms with Crippen molar-refractivity contribution in [1.29, 1.82) is 0 Å². The lowest BCUT2D eigenvalue weighted by Crippen LogP contribution is -2.53. The third-order valence-corrected chi connectivity index (χ3v) is 6.92. The first-order valence-corrected chi connectivity index (χ1v) is 12.7. The summed E-state index contributed by atoms with van der Waals surface area (Å²) in [5.41, 5.74) is -8.82. The van der Waals surface area contributed by atoms with Crippen LogP contribution >= 0.6 is 0 Å². The highest BCUT2D eigenvalue weighted by atomic mass is 19.4. The first-order valence-electron chi connectivity index (χ1n) is 12.7. The Morgan fingerprint density at radius 1 is 0.881 bits per heavy atom. The molecule has 1 heterocycles. The lowest BCUT2D eigenvalue weighted by Gasteiger charge is -2.33. The number of nitrogens with zero attached hydrogens (tertiary/aromatic N) is 1. The van der Waals surface area contributed by atoms with Gasteiger partial charge in [0, 0.05) is 12.1 Å². The summed E-state index contributed by atoms with van der Waals surface area (Å²) in [6.07, 6.45) is -15.8. The number of carbonyl (C=O) groups is 2. The average molecular weight is 615 g/mol. The minimum absolute atomic E-state index is 0.0113. The van der Waals surface area contributed by atoms with Crippen LogP contribution in [-0.4, -0.2) is 47.4 Å². The number of aryl methyl sites for hydroxylation is 1. The highest BCUT2D eigenvalue weighted by Gasteiger charge is 2.71. The summed E-state index contributed by atoms with van der Waals surface area (Å²) in [6, 6.07) is 5.04. The molecular formula is C27H27F9N2O4. The van der Waals surface area contributed by atoms with Crippen LogP contribution < -0.4 is 10.1 Å². The predicted octanol–water partition coefficient (Wildman–Crippen LogP) is 6.60. The molecule has 0 radical (unpaired) electrons. The van der Waals surface area contributed by atoms with Crippen molar-refractivity contribution in [3.63, 3.8) is 0 Å². The number of nitrogens with one attached hydrogen (secondary N) is 1. The summed E-state index contributed by atoms with van der Waals surface area (Å²) in [7, 11) is 0. The van der Waals surface area contributed by atoms with Crippen LogP contribution in [0.3, 0.4) is 0 Å². The summed E-state index contributed by atoms with van der Waals surface area (Å²) in [6.45, 7) is 2.84. The van der Waals surface area contributed by atoms with Crippen molar-refractivity contribution >= 4 is 11.9 Å². The maximum atomic E-state index is 13.3. The number of unbranched alkanes of at least 4 members (excludes halogenated alkanes) is 1. The number of amides is 3. The second-order valence-corrected chi connectivity index (χ2v) is 9.92. The van der Waals surface area contributed by atoms with Gasteiger partial charge in [0.25, 0.3) is 11.5 Å².